The highest BCUT2D eigenvalue weighted by molar-refractivity contribution is 5.77. The van der Waals surface area contributed by atoms with Crippen LogP contribution in [0.2, 0.25) is 0 Å². The normalized spacial score (nSPS) is 24.1. The van der Waals surface area contributed by atoms with E-state index in [2.05, 4.69) is 21.3 Å². The van der Waals surface area contributed by atoms with Gasteiger partial charge in [0.1, 0.15) is 36.5 Å². The maximum absolute atomic E-state index is 12.3. The highest BCUT2D eigenvalue weighted by Gasteiger charge is 2.45. The Morgan fingerprint density at radius 3 is 2.04 bits per heavy atom. The lowest BCUT2D eigenvalue weighted by atomic mass is 9.97. The molecule has 0 spiro atoms. The molecule has 4 amide bonds. The highest BCUT2D eigenvalue weighted by atomic mass is 16.7. The first-order valence-electron chi connectivity index (χ1n) is 16.2. The molecule has 1 rings (SSSR count). The lowest BCUT2D eigenvalue weighted by Gasteiger charge is -2.42. The monoisotopic (exact) mass is 696 g/mol. The molecule has 1 heterocycles. The topological polar surface area (TPSA) is 275 Å². The summed E-state index contributed by atoms with van der Waals surface area (Å²) in [7, 11) is 0. The lowest BCUT2D eigenvalue weighted by molar-refractivity contribution is -0.270. The van der Waals surface area contributed by atoms with E-state index in [0.29, 0.717) is 25.7 Å². The van der Waals surface area contributed by atoms with E-state index in [1.165, 1.54) is 20.8 Å². The number of amides is 4. The van der Waals surface area contributed by atoms with Gasteiger partial charge in [-0.15, -0.1) is 0 Å². The Balaban J connectivity index is 2.32. The standard InChI is InChI=1S/C30H56N4O14/c1-17(32-25(42)10-6-8-12-46-30-26(34-20(4)40)28(44)27(43)23(16-37)48-30)13-31-24(41)9-5-7-11-45-29(21(14-35)33-19(3)39)47-22(15-36)18(2)38/h17-18,21-23,26-30,35-38,43-44H,5-16H2,1-4H3,(H,31,41)(H,32,42)(H,33,39)(H,34,40)/t17?,18-,21+,22?,23?,26?,27?,28?,29?,30?/m1/s1. The fourth-order valence-electron chi connectivity index (χ4n) is 4.73. The van der Waals surface area contributed by atoms with Crippen molar-refractivity contribution in [2.45, 2.75) is 127 Å². The smallest absolute Gasteiger partial charge is 0.220 e. The van der Waals surface area contributed by atoms with Crippen LogP contribution in [-0.2, 0) is 38.1 Å². The Hall–Kier alpha value is -2.52. The summed E-state index contributed by atoms with van der Waals surface area (Å²) >= 11 is 0. The molecule has 0 bridgehead atoms. The van der Waals surface area contributed by atoms with Crippen molar-refractivity contribution in [3.05, 3.63) is 0 Å². The van der Waals surface area contributed by atoms with Crippen molar-refractivity contribution >= 4 is 23.6 Å². The number of hydrogen-bond donors (Lipinski definition) is 10. The van der Waals surface area contributed by atoms with Crippen LogP contribution in [0.1, 0.15) is 66.2 Å². The maximum Gasteiger partial charge on any atom is 0.220 e. The summed E-state index contributed by atoms with van der Waals surface area (Å²) < 4.78 is 22.4. The number of unbranched alkanes of at least 4 members (excludes halogenated alkanes) is 2. The molecule has 10 N–H and O–H groups in total. The molecule has 0 saturated carbocycles. The van der Waals surface area contributed by atoms with Gasteiger partial charge in [0.2, 0.25) is 23.6 Å². The van der Waals surface area contributed by atoms with E-state index in [0.717, 1.165) is 0 Å². The molecule has 0 aromatic carbocycles. The molecule has 48 heavy (non-hydrogen) atoms. The Bertz CT molecular complexity index is 961. The summed E-state index contributed by atoms with van der Waals surface area (Å²) in [5.41, 5.74) is 0. The molecule has 280 valence electrons. The van der Waals surface area contributed by atoms with Crippen LogP contribution in [0.5, 0.6) is 0 Å². The van der Waals surface area contributed by atoms with Gasteiger partial charge in [0.25, 0.3) is 0 Å². The zero-order valence-corrected chi connectivity index (χ0v) is 28.2. The predicted molar refractivity (Wildman–Crippen MR) is 168 cm³/mol. The van der Waals surface area contributed by atoms with E-state index in [-0.39, 0.29) is 50.5 Å². The van der Waals surface area contributed by atoms with E-state index in [1.807, 2.05) is 0 Å². The molecule has 18 heteroatoms. The van der Waals surface area contributed by atoms with Crippen LogP contribution < -0.4 is 21.3 Å². The number of carbonyl (C=O) groups excluding carboxylic acids is 4. The van der Waals surface area contributed by atoms with E-state index >= 15 is 0 Å². The van der Waals surface area contributed by atoms with Gasteiger partial charge in [0, 0.05) is 52.5 Å². The van der Waals surface area contributed by atoms with Crippen LogP contribution in [0.25, 0.3) is 0 Å². The first kappa shape index (κ1) is 43.5. The largest absolute Gasteiger partial charge is 0.394 e. The lowest BCUT2D eigenvalue weighted by Crippen LogP contribution is -2.64. The van der Waals surface area contributed by atoms with Gasteiger partial charge < -0.3 is 70.9 Å². The van der Waals surface area contributed by atoms with Gasteiger partial charge >= 0.3 is 0 Å². The maximum atomic E-state index is 12.3. The molecule has 0 aliphatic carbocycles. The molecular weight excluding hydrogens is 640 g/mol. The zero-order chi connectivity index (χ0) is 36.2. The molecule has 1 aliphatic rings. The summed E-state index contributed by atoms with van der Waals surface area (Å²) in [6, 6.07) is -2.31. The molecule has 10 atom stereocenters. The molecule has 1 saturated heterocycles. The molecular formula is C30H56N4O14. The summed E-state index contributed by atoms with van der Waals surface area (Å²) in [6.45, 7) is 4.56. The zero-order valence-electron chi connectivity index (χ0n) is 28.2. The van der Waals surface area contributed by atoms with Crippen LogP contribution in [0.3, 0.4) is 0 Å². The molecule has 1 aliphatic heterocycles. The van der Waals surface area contributed by atoms with Crippen LogP contribution in [0.4, 0.5) is 0 Å². The Morgan fingerprint density at radius 1 is 0.833 bits per heavy atom. The van der Waals surface area contributed by atoms with Crippen LogP contribution in [0.15, 0.2) is 0 Å². The SMILES string of the molecule is CC(=O)NC1C(OCCCCC(=O)NC(C)CNC(=O)CCCCOC(OC(CO)[C@@H](C)O)[C@H](CO)NC(C)=O)OC(CO)C(O)C1O. The third-order valence-electron chi connectivity index (χ3n) is 7.36. The number of nitrogens with one attached hydrogen (secondary N) is 4. The molecule has 8 unspecified atom stereocenters. The van der Waals surface area contributed by atoms with Crippen molar-refractivity contribution in [3.8, 4) is 0 Å². The summed E-state index contributed by atoms with van der Waals surface area (Å²) in [5.74, 6) is -1.35. The van der Waals surface area contributed by atoms with E-state index in [4.69, 9.17) is 18.9 Å². The quantitative estimate of drug-likeness (QED) is 0.0347. The minimum Gasteiger partial charge on any atom is -0.394 e. The summed E-state index contributed by atoms with van der Waals surface area (Å²) in [5, 5.41) is 69.2. The van der Waals surface area contributed by atoms with Crippen LogP contribution in [0, 0.1) is 0 Å². The Kier molecular flexibility index (Phi) is 21.5. The van der Waals surface area contributed by atoms with E-state index in [1.54, 1.807) is 6.92 Å². The van der Waals surface area contributed by atoms with Gasteiger partial charge in [-0.05, 0) is 39.5 Å². The number of ether oxygens (including phenoxy) is 4. The molecule has 0 aromatic rings. The van der Waals surface area contributed by atoms with Gasteiger partial charge in [-0.25, -0.2) is 0 Å². The van der Waals surface area contributed by atoms with Crippen molar-refractivity contribution in [2.24, 2.45) is 0 Å². The third kappa shape index (κ3) is 16.7. The number of aliphatic hydroxyl groups excluding tert-OH is 6. The first-order valence-corrected chi connectivity index (χ1v) is 16.2. The van der Waals surface area contributed by atoms with Gasteiger partial charge in [-0.2, -0.15) is 0 Å². The van der Waals surface area contributed by atoms with Gasteiger partial charge in [0.05, 0.1) is 25.9 Å². The average molecular weight is 697 g/mol. The van der Waals surface area contributed by atoms with Crippen LogP contribution >= 0.6 is 0 Å². The second-order valence-corrected chi connectivity index (χ2v) is 11.8. The van der Waals surface area contributed by atoms with Crippen molar-refractivity contribution in [3.63, 3.8) is 0 Å². The first-order chi connectivity index (χ1) is 22.7. The summed E-state index contributed by atoms with van der Waals surface area (Å²) in [4.78, 5) is 47.6. The van der Waals surface area contributed by atoms with Gasteiger partial charge in [-0.3, -0.25) is 19.2 Å². The number of aliphatic hydroxyl groups is 6. The van der Waals surface area contributed by atoms with Crippen LogP contribution in [-0.4, -0.2) is 155 Å². The van der Waals surface area contributed by atoms with Gasteiger partial charge in [0.15, 0.2) is 12.6 Å². The van der Waals surface area contributed by atoms with Crippen molar-refractivity contribution in [1.82, 2.24) is 21.3 Å². The van der Waals surface area contributed by atoms with Crippen molar-refractivity contribution in [1.29, 1.82) is 0 Å². The molecule has 18 nitrogen and oxygen atoms in total. The fourth-order valence-corrected chi connectivity index (χ4v) is 4.73. The average Bonchev–Trinajstić information content (AvgIpc) is 3.02. The van der Waals surface area contributed by atoms with Gasteiger partial charge in [-0.1, -0.05) is 0 Å². The molecule has 1 fully saturated rings. The minimum atomic E-state index is -1.41. The Morgan fingerprint density at radius 2 is 1.48 bits per heavy atom. The number of rotatable bonds is 24. The molecule has 0 radical (unpaired) electrons. The Labute approximate surface area is 280 Å². The highest BCUT2D eigenvalue weighted by Crippen LogP contribution is 2.22. The number of hydrogen-bond acceptors (Lipinski definition) is 14. The molecule has 0 aromatic heterocycles. The van der Waals surface area contributed by atoms with Crippen molar-refractivity contribution in [2.75, 3.05) is 39.6 Å². The number of carbonyl (C=O) groups is 4. The van der Waals surface area contributed by atoms with Crippen molar-refractivity contribution < 1.29 is 68.8 Å². The fraction of sp³-hybridized carbons (Fsp3) is 0.867. The van der Waals surface area contributed by atoms with E-state index < -0.39 is 86.8 Å². The second kappa shape index (κ2) is 23.8. The predicted octanol–water partition coefficient (Wildman–Crippen LogP) is -3.49. The third-order valence-corrected chi connectivity index (χ3v) is 7.36. The second-order valence-electron chi connectivity index (χ2n) is 11.8. The summed E-state index contributed by atoms with van der Waals surface area (Å²) in [6.07, 6.45) is -6.03. The minimum absolute atomic E-state index is 0.112. The van der Waals surface area contributed by atoms with E-state index in [9.17, 15) is 49.8 Å².